The number of rotatable bonds is 4. The molecule has 82 valence electrons. The second-order valence-electron chi connectivity index (χ2n) is 3.94. The summed E-state index contributed by atoms with van der Waals surface area (Å²) in [6, 6.07) is 1.79. The number of hydrogen-bond acceptors (Lipinski definition) is 3. The fraction of sp³-hybridized carbons (Fsp3) is 0.400. The van der Waals surface area contributed by atoms with Crippen LogP contribution in [0.4, 0.5) is 0 Å². The van der Waals surface area contributed by atoms with Crippen LogP contribution >= 0.6 is 23.6 Å². The van der Waals surface area contributed by atoms with Crippen LogP contribution in [0.3, 0.4) is 0 Å². The second kappa shape index (κ2) is 4.72. The summed E-state index contributed by atoms with van der Waals surface area (Å²) in [4.78, 5) is 12.0. The van der Waals surface area contributed by atoms with Crippen LogP contribution in [-0.2, 0) is 0 Å². The van der Waals surface area contributed by atoms with Crippen molar-refractivity contribution >= 4 is 34.5 Å². The molecular formula is C10H14N2OS2. The van der Waals surface area contributed by atoms with Gasteiger partial charge in [0.1, 0.15) is 0 Å². The number of thiocarbonyl (C=S) groups is 1. The van der Waals surface area contributed by atoms with E-state index < -0.39 is 0 Å². The first-order chi connectivity index (χ1) is 6.93. The molecule has 0 aliphatic rings. The number of amides is 1. The van der Waals surface area contributed by atoms with E-state index in [2.05, 4.69) is 5.32 Å². The molecule has 1 aromatic heterocycles. The minimum Gasteiger partial charge on any atom is -0.393 e. The molecule has 0 spiro atoms. The van der Waals surface area contributed by atoms with Gasteiger partial charge in [0, 0.05) is 22.9 Å². The molecule has 5 heteroatoms. The molecule has 0 aliphatic carbocycles. The van der Waals surface area contributed by atoms with E-state index in [4.69, 9.17) is 18.0 Å². The van der Waals surface area contributed by atoms with Crippen molar-refractivity contribution in [1.29, 1.82) is 0 Å². The Bertz CT molecular complexity index is 358. The van der Waals surface area contributed by atoms with Gasteiger partial charge in [-0.15, -0.1) is 0 Å². The summed E-state index contributed by atoms with van der Waals surface area (Å²) < 4.78 is 0. The Balaban J connectivity index is 2.51. The first-order valence-electron chi connectivity index (χ1n) is 4.54. The average molecular weight is 242 g/mol. The molecule has 15 heavy (non-hydrogen) atoms. The highest BCUT2D eigenvalue weighted by atomic mass is 32.1. The summed E-state index contributed by atoms with van der Waals surface area (Å²) in [6.07, 6.45) is 0. The average Bonchev–Trinajstić information content (AvgIpc) is 2.66. The standard InChI is InChI=1S/C10H14N2OS2/c1-10(2,9(11)14)6-12-8(13)7-3-4-15-5-7/h3-5H,6H2,1-2H3,(H2,11,14)(H,12,13). The maximum Gasteiger partial charge on any atom is 0.252 e. The van der Waals surface area contributed by atoms with Crippen LogP contribution in [0.2, 0.25) is 0 Å². The number of carbonyl (C=O) groups is 1. The predicted molar refractivity (Wildman–Crippen MR) is 67.2 cm³/mol. The minimum absolute atomic E-state index is 0.0828. The lowest BCUT2D eigenvalue weighted by molar-refractivity contribution is 0.0945. The molecular weight excluding hydrogens is 228 g/mol. The van der Waals surface area contributed by atoms with Gasteiger partial charge in [-0.05, 0) is 11.4 Å². The zero-order chi connectivity index (χ0) is 11.5. The molecule has 0 saturated heterocycles. The van der Waals surface area contributed by atoms with Gasteiger partial charge in [0.05, 0.1) is 4.99 Å². The van der Waals surface area contributed by atoms with E-state index in [9.17, 15) is 4.79 Å². The van der Waals surface area contributed by atoms with Crippen LogP contribution in [0.15, 0.2) is 16.8 Å². The number of thiophene rings is 1. The van der Waals surface area contributed by atoms with Crippen molar-refractivity contribution in [1.82, 2.24) is 5.32 Å². The van der Waals surface area contributed by atoms with Gasteiger partial charge in [-0.1, -0.05) is 26.1 Å². The van der Waals surface area contributed by atoms with Gasteiger partial charge in [-0.3, -0.25) is 4.79 Å². The van der Waals surface area contributed by atoms with Gasteiger partial charge >= 0.3 is 0 Å². The van der Waals surface area contributed by atoms with E-state index in [-0.39, 0.29) is 11.3 Å². The number of carbonyl (C=O) groups excluding carboxylic acids is 1. The summed E-state index contributed by atoms with van der Waals surface area (Å²) in [5, 5.41) is 6.48. The Labute approximate surface area is 98.7 Å². The quantitative estimate of drug-likeness (QED) is 0.791. The Morgan fingerprint density at radius 2 is 2.33 bits per heavy atom. The fourth-order valence-corrected chi connectivity index (χ4v) is 1.59. The Hall–Kier alpha value is -0.940. The molecule has 1 aromatic rings. The van der Waals surface area contributed by atoms with Gasteiger partial charge in [-0.2, -0.15) is 11.3 Å². The third-order valence-corrected chi connectivity index (χ3v) is 3.38. The molecule has 0 radical (unpaired) electrons. The minimum atomic E-state index is -0.346. The lowest BCUT2D eigenvalue weighted by atomic mass is 9.93. The van der Waals surface area contributed by atoms with Gasteiger partial charge in [-0.25, -0.2) is 0 Å². The molecule has 1 rings (SSSR count). The van der Waals surface area contributed by atoms with Crippen molar-refractivity contribution in [3.63, 3.8) is 0 Å². The third kappa shape index (κ3) is 3.28. The molecule has 3 nitrogen and oxygen atoms in total. The second-order valence-corrected chi connectivity index (χ2v) is 5.16. The van der Waals surface area contributed by atoms with E-state index in [1.165, 1.54) is 11.3 Å². The smallest absolute Gasteiger partial charge is 0.252 e. The van der Waals surface area contributed by atoms with E-state index in [0.717, 1.165) is 0 Å². The van der Waals surface area contributed by atoms with E-state index in [1.807, 2.05) is 24.6 Å². The summed E-state index contributed by atoms with van der Waals surface area (Å²) in [7, 11) is 0. The highest BCUT2D eigenvalue weighted by molar-refractivity contribution is 7.80. The summed E-state index contributed by atoms with van der Waals surface area (Å²) in [6.45, 7) is 4.27. The molecule has 0 bridgehead atoms. The van der Waals surface area contributed by atoms with Crippen molar-refractivity contribution < 1.29 is 4.79 Å². The molecule has 3 N–H and O–H groups in total. The summed E-state index contributed by atoms with van der Waals surface area (Å²) >= 11 is 6.41. The van der Waals surface area contributed by atoms with Gasteiger partial charge in [0.2, 0.25) is 0 Å². The van der Waals surface area contributed by atoms with E-state index in [0.29, 0.717) is 17.1 Å². The van der Waals surface area contributed by atoms with Gasteiger partial charge in [0.15, 0.2) is 0 Å². The van der Waals surface area contributed by atoms with Crippen molar-refractivity contribution in [2.24, 2.45) is 11.1 Å². The predicted octanol–water partition coefficient (Wildman–Crippen LogP) is 1.79. The van der Waals surface area contributed by atoms with Crippen LogP contribution < -0.4 is 11.1 Å². The van der Waals surface area contributed by atoms with Crippen molar-refractivity contribution in [3.8, 4) is 0 Å². The first kappa shape index (κ1) is 12.1. The number of nitrogens with one attached hydrogen (secondary N) is 1. The Kier molecular flexibility index (Phi) is 3.82. The van der Waals surface area contributed by atoms with Crippen LogP contribution in [0.25, 0.3) is 0 Å². The molecule has 0 unspecified atom stereocenters. The van der Waals surface area contributed by atoms with Crippen LogP contribution in [0.1, 0.15) is 24.2 Å². The molecule has 0 saturated carbocycles. The zero-order valence-corrected chi connectivity index (χ0v) is 10.4. The lowest BCUT2D eigenvalue weighted by Crippen LogP contribution is -2.41. The van der Waals surface area contributed by atoms with Crippen molar-refractivity contribution in [3.05, 3.63) is 22.4 Å². The maximum absolute atomic E-state index is 11.6. The molecule has 1 heterocycles. The molecule has 0 atom stereocenters. The van der Waals surface area contributed by atoms with Gasteiger partial charge in [0.25, 0.3) is 5.91 Å². The Morgan fingerprint density at radius 3 is 2.80 bits per heavy atom. The SMILES string of the molecule is CC(C)(CNC(=O)c1ccsc1)C(N)=S. The summed E-state index contributed by atoms with van der Waals surface area (Å²) in [5.41, 5.74) is 5.89. The van der Waals surface area contributed by atoms with Gasteiger partial charge < -0.3 is 11.1 Å². The van der Waals surface area contributed by atoms with E-state index >= 15 is 0 Å². The van der Waals surface area contributed by atoms with Crippen LogP contribution in [-0.4, -0.2) is 17.4 Å². The molecule has 0 aliphatic heterocycles. The van der Waals surface area contributed by atoms with Crippen LogP contribution in [0.5, 0.6) is 0 Å². The van der Waals surface area contributed by atoms with Crippen molar-refractivity contribution in [2.45, 2.75) is 13.8 Å². The first-order valence-corrected chi connectivity index (χ1v) is 5.89. The zero-order valence-electron chi connectivity index (χ0n) is 8.74. The molecule has 0 aromatic carbocycles. The number of hydrogen-bond donors (Lipinski definition) is 2. The molecule has 1 amide bonds. The van der Waals surface area contributed by atoms with Crippen molar-refractivity contribution in [2.75, 3.05) is 6.54 Å². The topological polar surface area (TPSA) is 55.1 Å². The van der Waals surface area contributed by atoms with E-state index in [1.54, 1.807) is 6.07 Å². The van der Waals surface area contributed by atoms with Crippen LogP contribution in [0, 0.1) is 5.41 Å². The summed E-state index contributed by atoms with van der Waals surface area (Å²) in [5.74, 6) is -0.0828. The molecule has 0 fully saturated rings. The fourth-order valence-electron chi connectivity index (χ4n) is 0.884. The third-order valence-electron chi connectivity index (χ3n) is 2.14. The normalized spacial score (nSPS) is 11.1. The monoisotopic (exact) mass is 242 g/mol. The largest absolute Gasteiger partial charge is 0.393 e. The highest BCUT2D eigenvalue weighted by Gasteiger charge is 2.22. The lowest BCUT2D eigenvalue weighted by Gasteiger charge is -2.23. The highest BCUT2D eigenvalue weighted by Crippen LogP contribution is 2.14. The maximum atomic E-state index is 11.6. The Morgan fingerprint density at radius 1 is 1.67 bits per heavy atom. The number of nitrogens with two attached hydrogens (primary N) is 1.